The molecule has 0 unspecified atom stereocenters. The molecular weight excluding hydrogens is 390 g/mol. The number of aromatic amines is 1. The van der Waals surface area contributed by atoms with Crippen molar-refractivity contribution in [3.8, 4) is 11.5 Å². The Hall–Kier alpha value is -2.81. The largest absolute Gasteiger partial charge is 0.411 e. The van der Waals surface area contributed by atoms with Crippen LogP contribution < -0.4 is 10.6 Å². The Morgan fingerprint density at radius 1 is 1.24 bits per heavy atom. The van der Waals surface area contributed by atoms with E-state index in [1.165, 1.54) is 6.42 Å². The monoisotopic (exact) mass is 413 g/mol. The van der Waals surface area contributed by atoms with E-state index in [0.717, 1.165) is 47.5 Å². The van der Waals surface area contributed by atoms with Gasteiger partial charge in [-0.15, -0.1) is 10.2 Å². The lowest BCUT2D eigenvalue weighted by Gasteiger charge is -2.29. The number of H-pyrrole nitrogens is 1. The van der Waals surface area contributed by atoms with Gasteiger partial charge in [-0.05, 0) is 24.8 Å². The number of fused-ring (bicyclic) bond motifs is 1. The van der Waals surface area contributed by atoms with Crippen molar-refractivity contribution in [3.05, 3.63) is 30.5 Å². The lowest BCUT2D eigenvalue weighted by atomic mass is 9.86. The summed E-state index contributed by atoms with van der Waals surface area (Å²) in [5.41, 5.74) is 1.79. The number of nitrogens with one attached hydrogen (secondary N) is 3. The van der Waals surface area contributed by atoms with Gasteiger partial charge in [-0.3, -0.25) is 10.1 Å². The van der Waals surface area contributed by atoms with Crippen molar-refractivity contribution >= 4 is 34.6 Å². The van der Waals surface area contributed by atoms with E-state index in [0.29, 0.717) is 11.8 Å². The third-order valence-electron chi connectivity index (χ3n) is 5.23. The van der Waals surface area contributed by atoms with Crippen LogP contribution in [0.15, 0.2) is 40.1 Å². The topological polar surface area (TPSA) is 113 Å². The molecule has 1 aliphatic rings. The summed E-state index contributed by atoms with van der Waals surface area (Å²) >= 11 is 1.10. The van der Waals surface area contributed by atoms with Crippen LogP contribution in [0.1, 0.15) is 32.6 Å². The molecule has 3 N–H and O–H groups in total. The summed E-state index contributed by atoms with van der Waals surface area (Å²) in [5.74, 6) is 0.431. The minimum atomic E-state index is -0.445. The zero-order valence-corrected chi connectivity index (χ0v) is 16.9. The van der Waals surface area contributed by atoms with Crippen molar-refractivity contribution in [1.29, 1.82) is 0 Å². The van der Waals surface area contributed by atoms with E-state index in [9.17, 15) is 9.59 Å². The van der Waals surface area contributed by atoms with Crippen LogP contribution in [0.25, 0.3) is 22.4 Å². The molecule has 0 radical (unpaired) electrons. The van der Waals surface area contributed by atoms with Crippen molar-refractivity contribution in [1.82, 2.24) is 25.8 Å². The summed E-state index contributed by atoms with van der Waals surface area (Å²) in [6.07, 6.45) is 6.17. The number of hydrogen-bond donors (Lipinski definition) is 3. The Bertz CT molecular complexity index is 1010. The van der Waals surface area contributed by atoms with Gasteiger partial charge in [0, 0.05) is 23.1 Å². The zero-order valence-electron chi connectivity index (χ0n) is 16.1. The minimum Gasteiger partial charge on any atom is -0.411 e. The average Bonchev–Trinajstić information content (AvgIpc) is 3.34. The molecule has 4 rings (SSSR count). The number of nitrogens with zero attached hydrogens (tertiary/aromatic N) is 2. The van der Waals surface area contributed by atoms with Gasteiger partial charge < -0.3 is 14.7 Å². The number of aromatic nitrogens is 3. The molecular formula is C20H23N5O3S. The van der Waals surface area contributed by atoms with Gasteiger partial charge in [0.05, 0.1) is 11.3 Å². The molecule has 3 amide bonds. The number of urea groups is 1. The number of benzene rings is 1. The molecule has 0 saturated heterocycles. The Kier molecular flexibility index (Phi) is 5.84. The smallest absolute Gasteiger partial charge is 0.321 e. The number of hydrogen-bond acceptors (Lipinski definition) is 6. The fourth-order valence-electron chi connectivity index (χ4n) is 3.65. The summed E-state index contributed by atoms with van der Waals surface area (Å²) in [7, 11) is 0. The predicted octanol–water partition coefficient (Wildman–Crippen LogP) is 3.71. The Morgan fingerprint density at radius 2 is 2.07 bits per heavy atom. The first-order chi connectivity index (χ1) is 14.1. The number of carbonyl (C=O) groups excluding carboxylic acids is 2. The third-order valence-corrected chi connectivity index (χ3v) is 6.05. The molecule has 3 aromatic rings. The van der Waals surface area contributed by atoms with Crippen LogP contribution in [-0.4, -0.2) is 38.9 Å². The SMILES string of the molecule is C[C@@H]1CCCC[C@H]1NC(=O)NC(=O)CSc1nnc(-c2c[nH]c3ccccc23)o1. The fourth-order valence-corrected chi connectivity index (χ4v) is 4.21. The van der Waals surface area contributed by atoms with E-state index < -0.39 is 11.9 Å². The van der Waals surface area contributed by atoms with Crippen LogP contribution in [0.3, 0.4) is 0 Å². The van der Waals surface area contributed by atoms with Crippen molar-refractivity contribution in [2.75, 3.05) is 5.75 Å². The van der Waals surface area contributed by atoms with Gasteiger partial charge in [-0.25, -0.2) is 4.79 Å². The molecule has 29 heavy (non-hydrogen) atoms. The summed E-state index contributed by atoms with van der Waals surface area (Å²) < 4.78 is 5.67. The van der Waals surface area contributed by atoms with Crippen molar-refractivity contribution < 1.29 is 14.0 Å². The minimum absolute atomic E-state index is 0.0170. The van der Waals surface area contributed by atoms with E-state index in [-0.39, 0.29) is 17.0 Å². The Balaban J connectivity index is 1.29. The van der Waals surface area contributed by atoms with E-state index >= 15 is 0 Å². The van der Waals surface area contributed by atoms with Gasteiger partial charge in [-0.1, -0.05) is 49.7 Å². The third kappa shape index (κ3) is 4.61. The van der Waals surface area contributed by atoms with Gasteiger partial charge in [0.15, 0.2) is 0 Å². The molecule has 2 heterocycles. The van der Waals surface area contributed by atoms with Crippen LogP contribution in [0.5, 0.6) is 0 Å². The second-order valence-corrected chi connectivity index (χ2v) is 8.23. The molecule has 0 aliphatic heterocycles. The number of amides is 3. The molecule has 2 aromatic heterocycles. The maximum absolute atomic E-state index is 12.1. The molecule has 2 atom stereocenters. The highest BCUT2D eigenvalue weighted by Gasteiger charge is 2.23. The second-order valence-electron chi connectivity index (χ2n) is 7.30. The van der Waals surface area contributed by atoms with Gasteiger partial charge >= 0.3 is 6.03 Å². The summed E-state index contributed by atoms with van der Waals surface area (Å²) in [6.45, 7) is 2.13. The highest BCUT2D eigenvalue weighted by Crippen LogP contribution is 2.29. The lowest BCUT2D eigenvalue weighted by Crippen LogP contribution is -2.48. The van der Waals surface area contributed by atoms with Crippen LogP contribution in [0.2, 0.25) is 0 Å². The zero-order chi connectivity index (χ0) is 20.2. The summed E-state index contributed by atoms with van der Waals surface area (Å²) in [5, 5.41) is 14.6. The van der Waals surface area contributed by atoms with Crippen LogP contribution in [0, 0.1) is 5.92 Å². The quantitative estimate of drug-likeness (QED) is 0.550. The first-order valence-electron chi connectivity index (χ1n) is 9.73. The molecule has 1 saturated carbocycles. The standard InChI is InChI=1S/C20H23N5O3S/c1-12-6-2-4-8-15(12)22-19(27)23-17(26)11-29-20-25-24-18(28-20)14-10-21-16-9-5-3-7-13(14)16/h3,5,7,9-10,12,15,21H,2,4,6,8,11H2,1H3,(H2,22,23,26,27)/t12-,15-/m1/s1. The predicted molar refractivity (Wildman–Crippen MR) is 110 cm³/mol. The van der Waals surface area contributed by atoms with Gasteiger partial charge in [0.2, 0.25) is 5.91 Å². The maximum atomic E-state index is 12.1. The molecule has 1 aliphatic carbocycles. The normalized spacial score (nSPS) is 19.2. The average molecular weight is 414 g/mol. The highest BCUT2D eigenvalue weighted by molar-refractivity contribution is 7.99. The van der Waals surface area contributed by atoms with Crippen LogP contribution in [-0.2, 0) is 4.79 Å². The number of rotatable bonds is 5. The molecule has 9 heteroatoms. The van der Waals surface area contributed by atoms with Gasteiger partial charge in [0.1, 0.15) is 0 Å². The molecule has 152 valence electrons. The fraction of sp³-hybridized carbons (Fsp3) is 0.400. The van der Waals surface area contributed by atoms with Crippen molar-refractivity contribution in [2.45, 2.75) is 43.9 Å². The maximum Gasteiger partial charge on any atom is 0.321 e. The van der Waals surface area contributed by atoms with Crippen molar-refractivity contribution in [2.24, 2.45) is 5.92 Å². The molecule has 0 bridgehead atoms. The first-order valence-corrected chi connectivity index (χ1v) is 10.7. The Morgan fingerprint density at radius 3 is 2.93 bits per heavy atom. The molecule has 0 spiro atoms. The second kappa shape index (κ2) is 8.69. The highest BCUT2D eigenvalue weighted by atomic mass is 32.2. The van der Waals surface area contributed by atoms with E-state index in [2.05, 4.69) is 32.7 Å². The van der Waals surface area contributed by atoms with E-state index in [1.54, 1.807) is 0 Å². The van der Waals surface area contributed by atoms with E-state index in [1.807, 2.05) is 30.5 Å². The number of carbonyl (C=O) groups is 2. The first kappa shape index (κ1) is 19.5. The summed E-state index contributed by atoms with van der Waals surface area (Å²) in [6, 6.07) is 7.50. The molecule has 1 fully saturated rings. The van der Waals surface area contributed by atoms with Crippen molar-refractivity contribution in [3.63, 3.8) is 0 Å². The number of para-hydroxylation sites is 1. The summed E-state index contributed by atoms with van der Waals surface area (Å²) in [4.78, 5) is 27.3. The molecule has 1 aromatic carbocycles. The van der Waals surface area contributed by atoms with Crippen LogP contribution in [0.4, 0.5) is 4.79 Å². The Labute approximate surface area is 172 Å². The number of thioether (sulfide) groups is 1. The van der Waals surface area contributed by atoms with Gasteiger partial charge in [0.25, 0.3) is 11.1 Å². The number of imide groups is 1. The van der Waals surface area contributed by atoms with E-state index in [4.69, 9.17) is 4.42 Å². The van der Waals surface area contributed by atoms with Gasteiger partial charge in [-0.2, -0.15) is 0 Å². The lowest BCUT2D eigenvalue weighted by molar-refractivity contribution is -0.117. The van der Waals surface area contributed by atoms with Crippen LogP contribution >= 0.6 is 11.8 Å². The molecule has 8 nitrogen and oxygen atoms in total.